The summed E-state index contributed by atoms with van der Waals surface area (Å²) in [6, 6.07) is 17.3. The molecule has 0 saturated heterocycles. The molecule has 0 radical (unpaired) electrons. The van der Waals surface area contributed by atoms with E-state index in [0.29, 0.717) is 15.7 Å². The van der Waals surface area contributed by atoms with Crippen LogP contribution in [0.5, 0.6) is 0 Å². The van der Waals surface area contributed by atoms with Crippen molar-refractivity contribution in [2.45, 2.75) is 12.8 Å². The minimum Gasteiger partial charge on any atom is -0.465 e. The van der Waals surface area contributed by atoms with Gasteiger partial charge in [-0.05, 0) is 54.3 Å². The molecular formula is C22H18Cl2N2O4. The standard InChI is InChI=1S/C22H18Cl2N2O4/c1-30-22(27)18-13-17(26(28)29)9-11-21(18)25-16-7-4-14(5-8-16)2-3-15-6-10-19(23)20(24)12-15/h4-13,25H,2-3H2,1H3. The lowest BCUT2D eigenvalue weighted by molar-refractivity contribution is -0.384. The fourth-order valence-electron chi connectivity index (χ4n) is 2.93. The second kappa shape index (κ2) is 9.61. The maximum absolute atomic E-state index is 12.0. The van der Waals surface area contributed by atoms with Crippen LogP contribution in [-0.4, -0.2) is 18.0 Å². The second-order valence-electron chi connectivity index (χ2n) is 6.55. The Balaban J connectivity index is 1.71. The van der Waals surface area contributed by atoms with Gasteiger partial charge in [-0.1, -0.05) is 41.4 Å². The fourth-order valence-corrected chi connectivity index (χ4v) is 3.25. The Hall–Kier alpha value is -3.09. The van der Waals surface area contributed by atoms with Crippen molar-refractivity contribution < 1.29 is 14.5 Å². The number of nitrogens with one attached hydrogen (secondary N) is 1. The summed E-state index contributed by atoms with van der Waals surface area (Å²) in [6.45, 7) is 0. The van der Waals surface area contributed by atoms with Crippen LogP contribution in [0.25, 0.3) is 0 Å². The maximum atomic E-state index is 12.0. The number of benzene rings is 3. The van der Waals surface area contributed by atoms with Gasteiger partial charge in [-0.15, -0.1) is 0 Å². The van der Waals surface area contributed by atoms with Crippen LogP contribution in [0.4, 0.5) is 17.1 Å². The van der Waals surface area contributed by atoms with Gasteiger partial charge in [-0.3, -0.25) is 10.1 Å². The Morgan fingerprint density at radius 1 is 0.967 bits per heavy atom. The van der Waals surface area contributed by atoms with Crippen molar-refractivity contribution >= 4 is 46.2 Å². The molecule has 0 heterocycles. The number of anilines is 2. The molecule has 0 bridgehead atoms. The highest BCUT2D eigenvalue weighted by Gasteiger charge is 2.17. The number of aryl methyl sites for hydroxylation is 2. The van der Waals surface area contributed by atoms with Gasteiger partial charge in [0.15, 0.2) is 0 Å². The van der Waals surface area contributed by atoms with Gasteiger partial charge in [-0.25, -0.2) is 4.79 Å². The van der Waals surface area contributed by atoms with Crippen molar-refractivity contribution in [2.24, 2.45) is 0 Å². The number of esters is 1. The normalized spacial score (nSPS) is 10.5. The average Bonchev–Trinajstić information content (AvgIpc) is 2.75. The summed E-state index contributed by atoms with van der Waals surface area (Å²) in [5.74, 6) is -0.653. The third-order valence-electron chi connectivity index (χ3n) is 4.54. The van der Waals surface area contributed by atoms with Gasteiger partial charge in [0.25, 0.3) is 5.69 Å². The van der Waals surface area contributed by atoms with Gasteiger partial charge in [-0.2, -0.15) is 0 Å². The van der Waals surface area contributed by atoms with Gasteiger partial charge in [0.2, 0.25) is 0 Å². The van der Waals surface area contributed by atoms with Crippen LogP contribution >= 0.6 is 23.2 Å². The lowest BCUT2D eigenvalue weighted by Crippen LogP contribution is -2.06. The van der Waals surface area contributed by atoms with E-state index < -0.39 is 10.9 Å². The van der Waals surface area contributed by atoms with Crippen molar-refractivity contribution in [2.75, 3.05) is 12.4 Å². The molecule has 0 atom stereocenters. The summed E-state index contributed by atoms with van der Waals surface area (Å²) in [6.07, 6.45) is 1.64. The third-order valence-corrected chi connectivity index (χ3v) is 5.28. The molecule has 0 unspecified atom stereocenters. The van der Waals surface area contributed by atoms with Crippen molar-refractivity contribution in [3.8, 4) is 0 Å². The van der Waals surface area contributed by atoms with Crippen molar-refractivity contribution in [3.63, 3.8) is 0 Å². The third kappa shape index (κ3) is 5.28. The topological polar surface area (TPSA) is 81.5 Å². The number of hydrogen-bond acceptors (Lipinski definition) is 5. The Labute approximate surface area is 183 Å². The Morgan fingerprint density at radius 2 is 1.63 bits per heavy atom. The van der Waals surface area contributed by atoms with E-state index in [4.69, 9.17) is 27.9 Å². The number of methoxy groups -OCH3 is 1. The van der Waals surface area contributed by atoms with Crippen LogP contribution in [0.1, 0.15) is 21.5 Å². The largest absolute Gasteiger partial charge is 0.465 e. The highest BCUT2D eigenvalue weighted by molar-refractivity contribution is 6.42. The van der Waals surface area contributed by atoms with E-state index >= 15 is 0 Å². The molecule has 0 saturated carbocycles. The summed E-state index contributed by atoms with van der Waals surface area (Å²) in [5.41, 5.74) is 3.31. The number of non-ortho nitro benzene ring substituents is 1. The van der Waals surface area contributed by atoms with Crippen LogP contribution < -0.4 is 5.32 Å². The molecule has 0 aromatic heterocycles. The fraction of sp³-hybridized carbons (Fsp3) is 0.136. The smallest absolute Gasteiger partial charge is 0.340 e. The highest BCUT2D eigenvalue weighted by atomic mass is 35.5. The SMILES string of the molecule is COC(=O)c1cc([N+](=O)[O-])ccc1Nc1ccc(CCc2ccc(Cl)c(Cl)c2)cc1. The van der Waals surface area contributed by atoms with E-state index in [9.17, 15) is 14.9 Å². The summed E-state index contributed by atoms with van der Waals surface area (Å²) in [4.78, 5) is 22.4. The molecule has 0 aliphatic carbocycles. The van der Waals surface area contributed by atoms with Crippen LogP contribution in [0, 0.1) is 10.1 Å². The minimum absolute atomic E-state index is 0.0930. The molecule has 8 heteroatoms. The van der Waals surface area contributed by atoms with E-state index in [1.807, 2.05) is 36.4 Å². The molecule has 3 aromatic rings. The minimum atomic E-state index is -0.653. The molecule has 0 aliphatic rings. The lowest BCUT2D eigenvalue weighted by Gasteiger charge is -2.11. The van der Waals surface area contributed by atoms with Crippen molar-refractivity contribution in [1.29, 1.82) is 0 Å². The number of halogens is 2. The molecule has 0 amide bonds. The van der Waals surface area contributed by atoms with E-state index in [1.54, 1.807) is 6.07 Å². The van der Waals surface area contributed by atoms with Crippen molar-refractivity contribution in [1.82, 2.24) is 0 Å². The van der Waals surface area contributed by atoms with Crippen LogP contribution in [0.15, 0.2) is 60.7 Å². The van der Waals surface area contributed by atoms with Gasteiger partial charge in [0, 0.05) is 17.8 Å². The van der Waals surface area contributed by atoms with Gasteiger partial charge in [0.1, 0.15) is 0 Å². The number of carbonyl (C=O) groups is 1. The number of hydrogen-bond donors (Lipinski definition) is 1. The zero-order valence-electron chi connectivity index (χ0n) is 16.0. The number of nitrogens with zero attached hydrogens (tertiary/aromatic N) is 1. The zero-order chi connectivity index (χ0) is 21.7. The summed E-state index contributed by atoms with van der Waals surface area (Å²) in [5, 5.41) is 15.2. The molecule has 3 rings (SSSR count). The first-order chi connectivity index (χ1) is 14.4. The monoisotopic (exact) mass is 444 g/mol. The maximum Gasteiger partial charge on any atom is 0.340 e. The van der Waals surface area contributed by atoms with Gasteiger partial charge >= 0.3 is 5.97 Å². The summed E-state index contributed by atoms with van der Waals surface area (Å²) >= 11 is 12.0. The second-order valence-corrected chi connectivity index (χ2v) is 7.36. The molecule has 0 fully saturated rings. The van der Waals surface area contributed by atoms with Crippen LogP contribution in [-0.2, 0) is 17.6 Å². The number of carbonyl (C=O) groups excluding carboxylic acids is 1. The quantitative estimate of drug-likeness (QED) is 0.265. The van der Waals surface area contributed by atoms with Crippen molar-refractivity contribution in [3.05, 3.63) is 97.5 Å². The molecule has 1 N–H and O–H groups in total. The highest BCUT2D eigenvalue weighted by Crippen LogP contribution is 2.27. The molecule has 6 nitrogen and oxygen atoms in total. The van der Waals surface area contributed by atoms with E-state index in [1.165, 1.54) is 25.3 Å². The van der Waals surface area contributed by atoms with Gasteiger partial charge in [0.05, 0.1) is 33.3 Å². The molecule has 3 aromatic carbocycles. The predicted octanol–water partition coefficient (Wildman–Crippen LogP) is 6.22. The summed E-state index contributed by atoms with van der Waals surface area (Å²) < 4.78 is 4.74. The molecule has 0 spiro atoms. The Bertz CT molecular complexity index is 1080. The zero-order valence-corrected chi connectivity index (χ0v) is 17.5. The van der Waals surface area contributed by atoms with Crippen LogP contribution in [0.3, 0.4) is 0 Å². The number of nitro benzene ring substituents is 1. The average molecular weight is 445 g/mol. The van der Waals surface area contributed by atoms with Crippen LogP contribution in [0.2, 0.25) is 10.0 Å². The molecule has 154 valence electrons. The predicted molar refractivity (Wildman–Crippen MR) is 118 cm³/mol. The molecule has 0 aliphatic heterocycles. The lowest BCUT2D eigenvalue weighted by atomic mass is 10.0. The first-order valence-corrected chi connectivity index (χ1v) is 9.79. The molecular weight excluding hydrogens is 427 g/mol. The Morgan fingerprint density at radius 3 is 2.27 bits per heavy atom. The number of ether oxygens (including phenoxy) is 1. The van der Waals surface area contributed by atoms with E-state index in [-0.39, 0.29) is 11.3 Å². The number of rotatable bonds is 7. The molecule has 30 heavy (non-hydrogen) atoms. The van der Waals surface area contributed by atoms with Gasteiger partial charge < -0.3 is 10.1 Å². The summed E-state index contributed by atoms with van der Waals surface area (Å²) in [7, 11) is 1.23. The van der Waals surface area contributed by atoms with E-state index in [0.717, 1.165) is 29.7 Å². The number of nitro groups is 1. The van der Waals surface area contributed by atoms with E-state index in [2.05, 4.69) is 5.32 Å². The first kappa shape index (κ1) is 21.6. The first-order valence-electron chi connectivity index (χ1n) is 9.04. The Kier molecular flexibility index (Phi) is 6.92.